The molecule has 0 spiro atoms. The number of rotatable bonds is 5. The molecule has 1 atom stereocenters. The van der Waals surface area contributed by atoms with Gasteiger partial charge in [0.05, 0.1) is 18.9 Å². The van der Waals surface area contributed by atoms with Crippen LogP contribution in [0.4, 0.5) is 0 Å². The monoisotopic (exact) mass is 336 g/mol. The van der Waals surface area contributed by atoms with E-state index in [2.05, 4.69) is 14.9 Å². The number of hydrogen-bond donors (Lipinski definition) is 0. The van der Waals surface area contributed by atoms with E-state index in [9.17, 15) is 4.79 Å². The summed E-state index contributed by atoms with van der Waals surface area (Å²) in [6.07, 6.45) is 6.13. The van der Waals surface area contributed by atoms with Gasteiger partial charge in [0, 0.05) is 49.7 Å². The van der Waals surface area contributed by atoms with Crippen LogP contribution in [-0.2, 0) is 11.3 Å². The first kappa shape index (κ1) is 15.9. The first-order chi connectivity index (χ1) is 12.3. The second-order valence-electron chi connectivity index (χ2n) is 6.25. The third-order valence-corrected chi connectivity index (χ3v) is 4.52. The predicted molar refractivity (Wildman–Crippen MR) is 93.4 cm³/mol. The molecule has 1 aliphatic heterocycles. The van der Waals surface area contributed by atoms with Crippen molar-refractivity contribution in [2.45, 2.75) is 19.0 Å². The van der Waals surface area contributed by atoms with E-state index in [0.29, 0.717) is 32.0 Å². The molecule has 1 unspecified atom stereocenters. The highest BCUT2D eigenvalue weighted by Gasteiger charge is 2.26. The van der Waals surface area contributed by atoms with E-state index in [1.54, 1.807) is 6.20 Å². The maximum Gasteiger partial charge on any atom is 0.233 e. The molecule has 4 rings (SSSR count). The van der Waals surface area contributed by atoms with Gasteiger partial charge in [-0.25, -0.2) is 9.97 Å². The van der Waals surface area contributed by atoms with Crippen LogP contribution in [0.3, 0.4) is 0 Å². The van der Waals surface area contributed by atoms with Gasteiger partial charge in [0.2, 0.25) is 5.78 Å². The summed E-state index contributed by atoms with van der Waals surface area (Å²) in [5.41, 5.74) is 1.71. The summed E-state index contributed by atoms with van der Waals surface area (Å²) in [4.78, 5) is 23.6. The standard InChI is InChI=1S/C19H20N4O2/c24-18(15-5-2-1-3-6-15)11-17-14-25-10-9-22(17)12-16-13-23-8-4-7-20-19(23)21-16/h1-8,13,17H,9-12,14H2. The van der Waals surface area contributed by atoms with E-state index in [1.165, 1.54) is 0 Å². The maximum atomic E-state index is 12.5. The predicted octanol–water partition coefficient (Wildman–Crippen LogP) is 2.20. The van der Waals surface area contributed by atoms with Crippen molar-refractivity contribution in [2.24, 2.45) is 0 Å². The molecule has 1 saturated heterocycles. The molecule has 0 radical (unpaired) electrons. The lowest BCUT2D eigenvalue weighted by Crippen LogP contribution is -2.45. The lowest BCUT2D eigenvalue weighted by molar-refractivity contribution is -0.0130. The molecular formula is C19H20N4O2. The van der Waals surface area contributed by atoms with Crippen molar-refractivity contribution >= 4 is 11.6 Å². The van der Waals surface area contributed by atoms with Crippen molar-refractivity contribution in [2.75, 3.05) is 19.8 Å². The van der Waals surface area contributed by atoms with Gasteiger partial charge in [-0.2, -0.15) is 0 Å². The molecule has 1 fully saturated rings. The highest BCUT2D eigenvalue weighted by Crippen LogP contribution is 2.17. The Morgan fingerprint density at radius 2 is 2.12 bits per heavy atom. The molecule has 6 heteroatoms. The molecule has 1 aromatic carbocycles. The van der Waals surface area contributed by atoms with E-state index in [1.807, 2.05) is 53.2 Å². The molecule has 0 N–H and O–H groups in total. The smallest absolute Gasteiger partial charge is 0.233 e. The van der Waals surface area contributed by atoms with Crippen molar-refractivity contribution in [1.82, 2.24) is 19.3 Å². The van der Waals surface area contributed by atoms with Gasteiger partial charge >= 0.3 is 0 Å². The Bertz CT molecular complexity index is 829. The molecule has 6 nitrogen and oxygen atoms in total. The number of Topliss-reactive ketones (excluding diaryl/α,β-unsaturated/α-hetero) is 1. The van der Waals surface area contributed by atoms with Crippen LogP contribution in [0.2, 0.25) is 0 Å². The lowest BCUT2D eigenvalue weighted by atomic mass is 10.0. The van der Waals surface area contributed by atoms with Crippen molar-refractivity contribution in [3.05, 3.63) is 66.2 Å². The number of ether oxygens (including phenoxy) is 1. The minimum absolute atomic E-state index is 0.0687. The average molecular weight is 336 g/mol. The zero-order chi connectivity index (χ0) is 17.1. The van der Waals surface area contributed by atoms with Crippen LogP contribution >= 0.6 is 0 Å². The summed E-state index contributed by atoms with van der Waals surface area (Å²) in [7, 11) is 0. The number of imidazole rings is 1. The summed E-state index contributed by atoms with van der Waals surface area (Å²) in [5.74, 6) is 0.848. The number of nitrogens with zero attached hydrogens (tertiary/aromatic N) is 4. The molecule has 128 valence electrons. The van der Waals surface area contributed by atoms with Gasteiger partial charge in [-0.15, -0.1) is 0 Å². The average Bonchev–Trinajstić information content (AvgIpc) is 3.06. The quantitative estimate of drug-likeness (QED) is 0.669. The summed E-state index contributed by atoms with van der Waals surface area (Å²) < 4.78 is 7.53. The lowest BCUT2D eigenvalue weighted by Gasteiger charge is -2.34. The first-order valence-corrected chi connectivity index (χ1v) is 8.48. The van der Waals surface area contributed by atoms with E-state index >= 15 is 0 Å². The number of morpholine rings is 1. The minimum atomic E-state index is 0.0687. The van der Waals surface area contributed by atoms with Crippen LogP contribution in [-0.4, -0.2) is 50.9 Å². The van der Waals surface area contributed by atoms with E-state index in [4.69, 9.17) is 4.74 Å². The zero-order valence-electron chi connectivity index (χ0n) is 13.9. The largest absolute Gasteiger partial charge is 0.378 e. The normalized spacial score (nSPS) is 18.5. The molecule has 1 aliphatic rings. The molecule has 25 heavy (non-hydrogen) atoms. The molecule has 3 heterocycles. The number of fused-ring (bicyclic) bond motifs is 1. The molecular weight excluding hydrogens is 316 g/mol. The van der Waals surface area contributed by atoms with Crippen LogP contribution in [0.5, 0.6) is 0 Å². The van der Waals surface area contributed by atoms with Gasteiger partial charge in [-0.3, -0.25) is 14.1 Å². The minimum Gasteiger partial charge on any atom is -0.378 e. The summed E-state index contributed by atoms with van der Waals surface area (Å²) in [6.45, 7) is 2.75. The fraction of sp³-hybridized carbons (Fsp3) is 0.316. The first-order valence-electron chi connectivity index (χ1n) is 8.48. The van der Waals surface area contributed by atoms with Crippen molar-refractivity contribution in [3.8, 4) is 0 Å². The molecule has 0 saturated carbocycles. The van der Waals surface area contributed by atoms with Crippen LogP contribution in [0, 0.1) is 0 Å². The fourth-order valence-corrected chi connectivity index (χ4v) is 3.20. The molecule has 3 aromatic rings. The van der Waals surface area contributed by atoms with E-state index < -0.39 is 0 Å². The van der Waals surface area contributed by atoms with Crippen LogP contribution < -0.4 is 0 Å². The van der Waals surface area contributed by atoms with Gasteiger partial charge in [0.1, 0.15) is 0 Å². The van der Waals surface area contributed by atoms with Crippen LogP contribution in [0.15, 0.2) is 55.0 Å². The van der Waals surface area contributed by atoms with E-state index in [0.717, 1.165) is 17.8 Å². The number of benzene rings is 1. The highest BCUT2D eigenvalue weighted by atomic mass is 16.5. The topological polar surface area (TPSA) is 59.7 Å². The van der Waals surface area contributed by atoms with Crippen molar-refractivity contribution in [1.29, 1.82) is 0 Å². The van der Waals surface area contributed by atoms with Crippen molar-refractivity contribution < 1.29 is 9.53 Å². The van der Waals surface area contributed by atoms with Crippen molar-refractivity contribution in [3.63, 3.8) is 0 Å². The Labute approximate surface area is 146 Å². The summed E-state index contributed by atoms with van der Waals surface area (Å²) in [5, 5.41) is 0. The Kier molecular flexibility index (Phi) is 4.54. The Hall–Kier alpha value is -2.57. The number of aromatic nitrogens is 3. The SMILES string of the molecule is O=C(CC1COCCN1Cc1cn2cccnc2n1)c1ccccc1. The third kappa shape index (κ3) is 3.60. The Balaban J connectivity index is 1.48. The van der Waals surface area contributed by atoms with Gasteiger partial charge in [-0.05, 0) is 6.07 Å². The number of carbonyl (C=O) groups is 1. The molecule has 0 aliphatic carbocycles. The van der Waals surface area contributed by atoms with Gasteiger partial charge < -0.3 is 4.74 Å². The second kappa shape index (κ2) is 7.13. The van der Waals surface area contributed by atoms with Gasteiger partial charge in [-0.1, -0.05) is 30.3 Å². The summed E-state index contributed by atoms with van der Waals surface area (Å²) in [6, 6.07) is 11.4. The molecule has 0 amide bonds. The third-order valence-electron chi connectivity index (χ3n) is 4.52. The van der Waals surface area contributed by atoms with E-state index in [-0.39, 0.29) is 11.8 Å². The fourth-order valence-electron chi connectivity index (χ4n) is 3.20. The Morgan fingerprint density at radius 1 is 1.24 bits per heavy atom. The Morgan fingerprint density at radius 3 is 2.96 bits per heavy atom. The number of hydrogen-bond acceptors (Lipinski definition) is 5. The molecule has 2 aromatic heterocycles. The highest BCUT2D eigenvalue weighted by molar-refractivity contribution is 5.96. The van der Waals surface area contributed by atoms with Crippen LogP contribution in [0.25, 0.3) is 5.78 Å². The summed E-state index contributed by atoms with van der Waals surface area (Å²) >= 11 is 0. The maximum absolute atomic E-state index is 12.5. The van der Waals surface area contributed by atoms with Crippen LogP contribution in [0.1, 0.15) is 22.5 Å². The zero-order valence-corrected chi connectivity index (χ0v) is 13.9. The number of carbonyl (C=O) groups excluding carboxylic acids is 1. The van der Waals surface area contributed by atoms with Gasteiger partial charge in [0.25, 0.3) is 0 Å². The number of ketones is 1. The molecule has 0 bridgehead atoms. The van der Waals surface area contributed by atoms with Gasteiger partial charge in [0.15, 0.2) is 5.78 Å². The second-order valence-corrected chi connectivity index (χ2v) is 6.25.